The predicted molar refractivity (Wildman–Crippen MR) is 65.3 cm³/mol. The van der Waals surface area contributed by atoms with Crippen molar-refractivity contribution in [1.29, 1.82) is 0 Å². The molecule has 2 aromatic heterocycles. The molecule has 2 heterocycles. The molecule has 1 unspecified atom stereocenters. The third kappa shape index (κ3) is 2.77. The lowest BCUT2D eigenvalue weighted by atomic mass is 10.3. The molecule has 1 atom stereocenters. The minimum Gasteiger partial charge on any atom is -0.368 e. The van der Waals surface area contributed by atoms with Gasteiger partial charge >= 0.3 is 6.18 Å². The zero-order valence-corrected chi connectivity index (χ0v) is 10.8. The Morgan fingerprint density at radius 1 is 1.55 bits per heavy atom. The van der Waals surface area contributed by atoms with Crippen LogP contribution in [0.15, 0.2) is 12.3 Å². The summed E-state index contributed by atoms with van der Waals surface area (Å²) >= 11 is 5.56. The van der Waals surface area contributed by atoms with Crippen LogP contribution in [0.5, 0.6) is 0 Å². The SMILES string of the molecule is CC(Nc1nc2cc(Cl)c(C(F)(F)F)cn2n1)C(N)=O. The normalized spacial score (nSPS) is 13.4. The molecule has 2 aromatic rings. The van der Waals surface area contributed by atoms with Crippen LogP contribution < -0.4 is 11.1 Å². The number of nitrogens with two attached hydrogens (primary N) is 1. The van der Waals surface area contributed by atoms with E-state index < -0.39 is 28.7 Å². The minimum absolute atomic E-state index is 0.0216. The Hall–Kier alpha value is -2.03. The summed E-state index contributed by atoms with van der Waals surface area (Å²) in [5.74, 6) is -0.662. The second-order valence-corrected chi connectivity index (χ2v) is 4.45. The van der Waals surface area contributed by atoms with Gasteiger partial charge in [0.2, 0.25) is 11.9 Å². The number of carbonyl (C=O) groups is 1. The fraction of sp³-hybridized carbons (Fsp3) is 0.300. The molecule has 0 spiro atoms. The smallest absolute Gasteiger partial charge is 0.368 e. The Bertz CT molecular complexity index is 669. The van der Waals surface area contributed by atoms with E-state index in [-0.39, 0.29) is 11.6 Å². The highest BCUT2D eigenvalue weighted by molar-refractivity contribution is 6.31. The van der Waals surface area contributed by atoms with Gasteiger partial charge in [0.15, 0.2) is 5.65 Å². The number of alkyl halides is 3. The van der Waals surface area contributed by atoms with Crippen molar-refractivity contribution in [3.05, 3.63) is 22.8 Å². The molecule has 108 valence electrons. The number of aromatic nitrogens is 3. The van der Waals surface area contributed by atoms with Gasteiger partial charge in [0.1, 0.15) is 6.04 Å². The number of nitrogens with zero attached hydrogens (tertiary/aromatic N) is 3. The molecule has 0 saturated carbocycles. The highest BCUT2D eigenvalue weighted by Gasteiger charge is 2.34. The summed E-state index contributed by atoms with van der Waals surface area (Å²) in [4.78, 5) is 14.8. The van der Waals surface area contributed by atoms with Crippen molar-refractivity contribution < 1.29 is 18.0 Å². The van der Waals surface area contributed by atoms with Gasteiger partial charge < -0.3 is 11.1 Å². The van der Waals surface area contributed by atoms with Crippen molar-refractivity contribution in [3.63, 3.8) is 0 Å². The molecule has 0 saturated heterocycles. The molecule has 2 rings (SSSR count). The fourth-order valence-corrected chi connectivity index (χ4v) is 1.69. The molecular formula is C10H9ClF3N5O. The maximum Gasteiger partial charge on any atom is 0.419 e. The van der Waals surface area contributed by atoms with Crippen molar-refractivity contribution >= 4 is 29.1 Å². The quantitative estimate of drug-likeness (QED) is 0.903. The van der Waals surface area contributed by atoms with E-state index in [2.05, 4.69) is 15.4 Å². The average Bonchev–Trinajstić information content (AvgIpc) is 2.67. The van der Waals surface area contributed by atoms with E-state index in [1.165, 1.54) is 6.92 Å². The van der Waals surface area contributed by atoms with Crippen molar-refractivity contribution in [2.75, 3.05) is 5.32 Å². The van der Waals surface area contributed by atoms with Gasteiger partial charge in [-0.05, 0) is 6.92 Å². The lowest BCUT2D eigenvalue weighted by Crippen LogP contribution is -2.32. The molecule has 0 aromatic carbocycles. The topological polar surface area (TPSA) is 85.3 Å². The number of halogens is 4. The Labute approximate surface area is 115 Å². The number of pyridine rings is 1. The number of amides is 1. The number of anilines is 1. The zero-order valence-electron chi connectivity index (χ0n) is 10.1. The first-order valence-corrected chi connectivity index (χ1v) is 5.75. The molecule has 6 nitrogen and oxygen atoms in total. The van der Waals surface area contributed by atoms with E-state index in [1.54, 1.807) is 0 Å². The van der Waals surface area contributed by atoms with Gasteiger partial charge in [0, 0.05) is 12.3 Å². The number of fused-ring (bicyclic) bond motifs is 1. The standard InChI is InChI=1S/C10H9ClF3N5O/c1-4(8(15)20)16-9-17-7-2-6(11)5(10(12,13)14)3-19(7)18-9/h2-4H,1H3,(H2,15,20)(H,16,18). The summed E-state index contributed by atoms with van der Waals surface area (Å²) < 4.78 is 39.0. The van der Waals surface area contributed by atoms with Crippen molar-refractivity contribution in [2.24, 2.45) is 5.73 Å². The van der Waals surface area contributed by atoms with Crippen LogP contribution in [0.3, 0.4) is 0 Å². The maximum absolute atomic E-state index is 12.7. The lowest BCUT2D eigenvalue weighted by molar-refractivity contribution is -0.137. The summed E-state index contributed by atoms with van der Waals surface area (Å²) in [6.45, 7) is 1.47. The fourth-order valence-electron chi connectivity index (χ4n) is 1.44. The molecule has 0 radical (unpaired) electrons. The Morgan fingerprint density at radius 3 is 2.75 bits per heavy atom. The number of carbonyl (C=O) groups excluding carboxylic acids is 1. The van der Waals surface area contributed by atoms with Crippen LogP contribution in [-0.2, 0) is 11.0 Å². The van der Waals surface area contributed by atoms with Gasteiger partial charge in [-0.15, -0.1) is 5.10 Å². The first-order chi connectivity index (χ1) is 9.18. The summed E-state index contributed by atoms with van der Waals surface area (Å²) in [5.41, 5.74) is 4.14. The average molecular weight is 308 g/mol. The largest absolute Gasteiger partial charge is 0.419 e. The number of hydrogen-bond donors (Lipinski definition) is 2. The summed E-state index contributed by atoms with van der Waals surface area (Å²) in [7, 11) is 0. The van der Waals surface area contributed by atoms with Crippen LogP contribution in [0, 0.1) is 0 Å². The molecule has 3 N–H and O–H groups in total. The Kier molecular flexibility index (Phi) is 3.46. The summed E-state index contributed by atoms with van der Waals surface area (Å²) in [5, 5.41) is 5.87. The molecule has 20 heavy (non-hydrogen) atoms. The molecule has 0 aliphatic rings. The van der Waals surface area contributed by atoms with Gasteiger partial charge in [-0.1, -0.05) is 11.6 Å². The maximum atomic E-state index is 12.7. The van der Waals surface area contributed by atoms with Gasteiger partial charge in [-0.2, -0.15) is 18.2 Å². The number of rotatable bonds is 3. The minimum atomic E-state index is -4.59. The second kappa shape index (κ2) is 4.82. The van der Waals surface area contributed by atoms with E-state index in [0.29, 0.717) is 0 Å². The van der Waals surface area contributed by atoms with Crippen molar-refractivity contribution in [1.82, 2.24) is 14.6 Å². The van der Waals surface area contributed by atoms with Crippen molar-refractivity contribution in [2.45, 2.75) is 19.1 Å². The molecular weight excluding hydrogens is 299 g/mol. The van der Waals surface area contributed by atoms with Crippen LogP contribution in [-0.4, -0.2) is 26.5 Å². The van der Waals surface area contributed by atoms with Gasteiger partial charge in [-0.3, -0.25) is 4.79 Å². The molecule has 10 heteroatoms. The summed E-state index contributed by atoms with van der Waals surface area (Å²) in [6, 6.07) is 0.280. The number of hydrogen-bond acceptors (Lipinski definition) is 4. The van der Waals surface area contributed by atoms with Gasteiger partial charge in [0.05, 0.1) is 10.6 Å². The van der Waals surface area contributed by atoms with E-state index in [9.17, 15) is 18.0 Å². The first-order valence-electron chi connectivity index (χ1n) is 5.37. The van der Waals surface area contributed by atoms with Crippen LogP contribution in [0.2, 0.25) is 5.02 Å². The van der Waals surface area contributed by atoms with E-state index in [4.69, 9.17) is 17.3 Å². The molecule has 0 bridgehead atoms. The second-order valence-electron chi connectivity index (χ2n) is 4.04. The zero-order chi connectivity index (χ0) is 15.1. The monoisotopic (exact) mass is 307 g/mol. The molecule has 1 amide bonds. The number of primary amides is 1. The van der Waals surface area contributed by atoms with E-state index in [0.717, 1.165) is 16.8 Å². The van der Waals surface area contributed by atoms with E-state index >= 15 is 0 Å². The molecule has 0 fully saturated rings. The predicted octanol–water partition coefficient (Wildman–Crippen LogP) is 1.69. The third-order valence-electron chi connectivity index (χ3n) is 2.50. The highest BCUT2D eigenvalue weighted by atomic mass is 35.5. The van der Waals surface area contributed by atoms with Gasteiger partial charge in [0.25, 0.3) is 0 Å². The van der Waals surface area contributed by atoms with Crippen LogP contribution >= 0.6 is 11.6 Å². The highest BCUT2D eigenvalue weighted by Crippen LogP contribution is 2.34. The van der Waals surface area contributed by atoms with Crippen LogP contribution in [0.1, 0.15) is 12.5 Å². The third-order valence-corrected chi connectivity index (χ3v) is 2.81. The molecule has 0 aliphatic carbocycles. The Morgan fingerprint density at radius 2 is 2.20 bits per heavy atom. The van der Waals surface area contributed by atoms with Crippen LogP contribution in [0.25, 0.3) is 5.65 Å². The first kappa shape index (κ1) is 14.4. The molecule has 0 aliphatic heterocycles. The van der Waals surface area contributed by atoms with Gasteiger partial charge in [-0.25, -0.2) is 4.52 Å². The Balaban J connectivity index is 2.42. The van der Waals surface area contributed by atoms with Crippen molar-refractivity contribution in [3.8, 4) is 0 Å². The lowest BCUT2D eigenvalue weighted by Gasteiger charge is -2.08. The summed E-state index contributed by atoms with van der Waals surface area (Å²) in [6.07, 6.45) is -3.86. The van der Waals surface area contributed by atoms with Crippen LogP contribution in [0.4, 0.5) is 19.1 Å². The van der Waals surface area contributed by atoms with E-state index in [1.807, 2.05) is 0 Å². The number of nitrogens with one attached hydrogen (secondary N) is 1.